The van der Waals surface area contributed by atoms with E-state index < -0.39 is 0 Å². The molecule has 0 fully saturated rings. The van der Waals surface area contributed by atoms with Crippen LogP contribution in [0.1, 0.15) is 25.8 Å². The maximum absolute atomic E-state index is 11.7. The molecule has 0 aliphatic rings. The fraction of sp³-hybridized carbons (Fsp3) is 0.429. The Balaban J connectivity index is 2.98. The summed E-state index contributed by atoms with van der Waals surface area (Å²) in [4.78, 5) is 13.9. The molecule has 0 spiro atoms. The zero-order valence-electron chi connectivity index (χ0n) is 11.4. The van der Waals surface area contributed by atoms with E-state index in [1.165, 1.54) is 0 Å². The predicted octanol–water partition coefficient (Wildman–Crippen LogP) is 2.10. The third-order valence-electron chi connectivity index (χ3n) is 2.63. The van der Waals surface area contributed by atoms with Crippen molar-refractivity contribution in [2.75, 3.05) is 24.6 Å². The Morgan fingerprint density at radius 1 is 1.37 bits per heavy atom. The van der Waals surface area contributed by atoms with Gasteiger partial charge in [0.2, 0.25) is 0 Å². The molecule has 0 atom stereocenters. The molecule has 1 rings (SSSR count). The van der Waals surface area contributed by atoms with Crippen LogP contribution in [0.15, 0.2) is 24.3 Å². The number of carbonyl (C=O) groups excluding carboxylic acids is 1. The van der Waals surface area contributed by atoms with Crippen LogP contribution in [-0.2, 0) is 9.53 Å². The van der Waals surface area contributed by atoms with Crippen LogP contribution in [0.25, 0.3) is 0 Å². The first-order chi connectivity index (χ1) is 9.10. The summed E-state index contributed by atoms with van der Waals surface area (Å²) in [5.41, 5.74) is 7.39. The van der Waals surface area contributed by atoms with Crippen LogP contribution in [0.5, 0.6) is 0 Å². The highest BCUT2D eigenvalue weighted by molar-refractivity contribution is 7.80. The number of hydrogen-bond donors (Lipinski definition) is 1. The van der Waals surface area contributed by atoms with Gasteiger partial charge in [0.15, 0.2) is 0 Å². The molecular weight excluding hydrogens is 260 g/mol. The Morgan fingerprint density at radius 2 is 2.05 bits per heavy atom. The molecule has 0 aliphatic heterocycles. The minimum Gasteiger partial charge on any atom is -0.465 e. The van der Waals surface area contributed by atoms with Gasteiger partial charge >= 0.3 is 5.97 Å². The van der Waals surface area contributed by atoms with Gasteiger partial charge in [0, 0.05) is 17.8 Å². The highest BCUT2D eigenvalue weighted by atomic mass is 32.1. The molecule has 0 saturated carbocycles. The number of anilines is 1. The molecule has 104 valence electrons. The van der Waals surface area contributed by atoms with E-state index in [2.05, 4.69) is 6.92 Å². The van der Waals surface area contributed by atoms with Gasteiger partial charge in [0.05, 0.1) is 6.61 Å². The second-order valence-corrected chi connectivity index (χ2v) is 4.55. The van der Waals surface area contributed by atoms with Crippen LogP contribution >= 0.6 is 12.2 Å². The number of nitrogens with zero attached hydrogens (tertiary/aromatic N) is 1. The summed E-state index contributed by atoms with van der Waals surface area (Å²) in [6.07, 6.45) is 0.922. The lowest BCUT2D eigenvalue weighted by Gasteiger charge is -2.25. The lowest BCUT2D eigenvalue weighted by molar-refractivity contribution is -0.141. The van der Waals surface area contributed by atoms with Crippen molar-refractivity contribution in [3.63, 3.8) is 0 Å². The normalized spacial score (nSPS) is 10.0. The minimum atomic E-state index is -0.242. The van der Waals surface area contributed by atoms with Crippen molar-refractivity contribution < 1.29 is 9.53 Å². The molecule has 0 bridgehead atoms. The van der Waals surface area contributed by atoms with Crippen molar-refractivity contribution in [2.45, 2.75) is 20.3 Å². The number of benzene rings is 1. The highest BCUT2D eigenvalue weighted by Gasteiger charge is 2.15. The first-order valence-corrected chi connectivity index (χ1v) is 6.80. The van der Waals surface area contributed by atoms with Gasteiger partial charge in [0.1, 0.15) is 11.5 Å². The van der Waals surface area contributed by atoms with Crippen molar-refractivity contribution in [1.82, 2.24) is 0 Å². The van der Waals surface area contributed by atoms with E-state index in [-0.39, 0.29) is 12.5 Å². The largest absolute Gasteiger partial charge is 0.465 e. The van der Waals surface area contributed by atoms with Crippen molar-refractivity contribution in [3.05, 3.63) is 29.8 Å². The van der Waals surface area contributed by atoms with Gasteiger partial charge in [-0.15, -0.1) is 0 Å². The number of esters is 1. The molecular formula is C14H20N2O2S. The topological polar surface area (TPSA) is 55.6 Å². The molecule has 0 amide bonds. The summed E-state index contributed by atoms with van der Waals surface area (Å²) in [5, 5.41) is 0. The maximum atomic E-state index is 11.7. The van der Waals surface area contributed by atoms with Crippen LogP contribution in [0, 0.1) is 0 Å². The number of para-hydroxylation sites is 1. The standard InChI is InChI=1S/C14H20N2O2S/c1-3-9-16(10-13(17)18-4-2)12-8-6-5-7-11(12)14(15)19/h5-8H,3-4,9-10H2,1-2H3,(H2,15,19). The fourth-order valence-corrected chi connectivity index (χ4v) is 2.05. The lowest BCUT2D eigenvalue weighted by Crippen LogP contribution is -2.33. The molecule has 5 heteroatoms. The third kappa shape index (κ3) is 4.52. The summed E-state index contributed by atoms with van der Waals surface area (Å²) in [6.45, 7) is 5.20. The number of ether oxygens (including phenoxy) is 1. The number of nitrogens with two attached hydrogens (primary N) is 1. The molecule has 0 radical (unpaired) electrons. The van der Waals surface area contributed by atoms with E-state index in [4.69, 9.17) is 22.7 Å². The monoisotopic (exact) mass is 280 g/mol. The number of rotatable bonds is 7. The van der Waals surface area contributed by atoms with Crippen molar-refractivity contribution in [3.8, 4) is 0 Å². The van der Waals surface area contributed by atoms with Gasteiger partial charge in [0.25, 0.3) is 0 Å². The zero-order chi connectivity index (χ0) is 14.3. The third-order valence-corrected chi connectivity index (χ3v) is 2.85. The SMILES string of the molecule is CCCN(CC(=O)OCC)c1ccccc1C(N)=S. The summed E-state index contributed by atoms with van der Waals surface area (Å²) < 4.78 is 5.00. The summed E-state index contributed by atoms with van der Waals surface area (Å²) >= 11 is 5.05. The van der Waals surface area contributed by atoms with Crippen LogP contribution in [0.4, 0.5) is 5.69 Å². The molecule has 2 N–H and O–H groups in total. The van der Waals surface area contributed by atoms with Crippen LogP contribution in [0.3, 0.4) is 0 Å². The minimum absolute atomic E-state index is 0.210. The molecule has 1 aromatic carbocycles. The molecule has 4 nitrogen and oxygen atoms in total. The molecule has 19 heavy (non-hydrogen) atoms. The summed E-state index contributed by atoms with van der Waals surface area (Å²) in [5.74, 6) is -0.242. The zero-order valence-corrected chi connectivity index (χ0v) is 12.2. The second kappa shape index (κ2) is 7.74. The quantitative estimate of drug-likeness (QED) is 0.612. The number of carbonyl (C=O) groups is 1. The van der Waals surface area contributed by atoms with Gasteiger partial charge in [-0.1, -0.05) is 31.3 Å². The Labute approximate surface area is 119 Å². The number of hydrogen-bond acceptors (Lipinski definition) is 4. The summed E-state index contributed by atoms with van der Waals surface area (Å²) in [7, 11) is 0. The van der Waals surface area contributed by atoms with Crippen molar-refractivity contribution >= 4 is 28.9 Å². The van der Waals surface area contributed by atoms with Crippen LogP contribution in [0.2, 0.25) is 0 Å². The van der Waals surface area contributed by atoms with E-state index in [1.807, 2.05) is 29.2 Å². The molecule has 1 aromatic rings. The van der Waals surface area contributed by atoms with Gasteiger partial charge in [-0.25, -0.2) is 0 Å². The lowest BCUT2D eigenvalue weighted by atomic mass is 10.1. The van der Waals surface area contributed by atoms with Gasteiger partial charge in [-0.2, -0.15) is 0 Å². The van der Waals surface area contributed by atoms with Gasteiger partial charge < -0.3 is 15.4 Å². The molecule has 0 heterocycles. The Hall–Kier alpha value is -1.62. The molecule has 0 saturated heterocycles. The number of thiocarbonyl (C=S) groups is 1. The van der Waals surface area contributed by atoms with Crippen LogP contribution < -0.4 is 10.6 Å². The Bertz CT molecular complexity index is 449. The average Bonchev–Trinajstić information content (AvgIpc) is 2.38. The maximum Gasteiger partial charge on any atom is 0.325 e. The van der Waals surface area contributed by atoms with Gasteiger partial charge in [-0.05, 0) is 25.5 Å². The first kappa shape index (κ1) is 15.4. The molecule has 0 aromatic heterocycles. The van der Waals surface area contributed by atoms with E-state index >= 15 is 0 Å². The van der Waals surface area contributed by atoms with Crippen LogP contribution in [-0.4, -0.2) is 30.7 Å². The highest BCUT2D eigenvalue weighted by Crippen LogP contribution is 2.20. The Kier molecular flexibility index (Phi) is 6.29. The van der Waals surface area contributed by atoms with E-state index in [0.717, 1.165) is 24.2 Å². The smallest absolute Gasteiger partial charge is 0.325 e. The average molecular weight is 280 g/mol. The molecule has 0 aliphatic carbocycles. The van der Waals surface area contributed by atoms with Gasteiger partial charge in [-0.3, -0.25) is 4.79 Å². The first-order valence-electron chi connectivity index (χ1n) is 6.39. The second-order valence-electron chi connectivity index (χ2n) is 4.11. The Morgan fingerprint density at radius 3 is 2.63 bits per heavy atom. The summed E-state index contributed by atoms with van der Waals surface area (Å²) in [6, 6.07) is 7.58. The van der Waals surface area contributed by atoms with E-state index in [9.17, 15) is 4.79 Å². The fourth-order valence-electron chi connectivity index (χ4n) is 1.87. The van der Waals surface area contributed by atoms with Crippen molar-refractivity contribution in [1.29, 1.82) is 0 Å². The van der Waals surface area contributed by atoms with E-state index in [1.54, 1.807) is 6.92 Å². The van der Waals surface area contributed by atoms with E-state index in [0.29, 0.717) is 11.6 Å². The molecule has 0 unspecified atom stereocenters. The van der Waals surface area contributed by atoms with Crippen molar-refractivity contribution in [2.24, 2.45) is 5.73 Å². The predicted molar refractivity (Wildman–Crippen MR) is 81.5 cm³/mol.